The van der Waals surface area contributed by atoms with Gasteiger partial charge in [-0.05, 0) is 30.4 Å². The summed E-state index contributed by atoms with van der Waals surface area (Å²) in [6.07, 6.45) is 2.04. The smallest absolute Gasteiger partial charge is 0.126 e. The Morgan fingerprint density at radius 2 is 2.17 bits per heavy atom. The predicted molar refractivity (Wildman–Crippen MR) is 71.1 cm³/mol. The third-order valence-electron chi connectivity index (χ3n) is 3.54. The average molecular weight is 262 g/mol. The summed E-state index contributed by atoms with van der Waals surface area (Å²) in [6.45, 7) is 0.818. The first-order valence-corrected chi connectivity index (χ1v) is 7.12. The molecule has 0 bridgehead atoms. The number of thiazole rings is 1. The Hall–Kier alpha value is -1.26. The lowest BCUT2D eigenvalue weighted by atomic mass is 9.75. The van der Waals surface area contributed by atoms with E-state index < -0.39 is 0 Å². The van der Waals surface area contributed by atoms with Crippen molar-refractivity contribution in [1.82, 2.24) is 10.3 Å². The molecule has 1 N–H and O–H groups in total. The number of hydrogen-bond donors (Lipinski definition) is 1. The van der Waals surface area contributed by atoms with Gasteiger partial charge in [0.25, 0.3) is 0 Å². The van der Waals surface area contributed by atoms with Crippen LogP contribution in [0.25, 0.3) is 0 Å². The van der Waals surface area contributed by atoms with Gasteiger partial charge in [0.2, 0.25) is 0 Å². The summed E-state index contributed by atoms with van der Waals surface area (Å²) in [4.78, 5) is 4.23. The van der Waals surface area contributed by atoms with Gasteiger partial charge in [-0.3, -0.25) is 0 Å². The number of benzene rings is 1. The molecule has 1 aliphatic rings. The molecule has 4 heteroatoms. The summed E-state index contributed by atoms with van der Waals surface area (Å²) < 4.78 is 13.6. The van der Waals surface area contributed by atoms with E-state index in [1.165, 1.54) is 0 Å². The highest BCUT2D eigenvalue weighted by molar-refractivity contribution is 7.07. The van der Waals surface area contributed by atoms with Crippen molar-refractivity contribution in [3.05, 3.63) is 52.2 Å². The van der Waals surface area contributed by atoms with E-state index in [0.29, 0.717) is 12.0 Å². The normalized spacial score (nSPS) is 22.7. The lowest BCUT2D eigenvalue weighted by molar-refractivity contribution is 0.283. The largest absolute Gasteiger partial charge is 0.308 e. The zero-order valence-electron chi connectivity index (χ0n) is 9.97. The summed E-state index contributed by atoms with van der Waals surface area (Å²) in [5.74, 6) is 0.305. The summed E-state index contributed by atoms with van der Waals surface area (Å²) in [7, 11) is 0. The monoisotopic (exact) mass is 262 g/mol. The molecule has 1 fully saturated rings. The molecule has 0 unspecified atom stereocenters. The SMILES string of the molecule is Fc1ccccc1C1CC(NCc2cscn2)C1. The van der Waals surface area contributed by atoms with Crippen molar-refractivity contribution < 1.29 is 4.39 Å². The average Bonchev–Trinajstić information content (AvgIpc) is 2.82. The fourth-order valence-electron chi connectivity index (χ4n) is 2.42. The highest BCUT2D eigenvalue weighted by Gasteiger charge is 2.31. The molecule has 18 heavy (non-hydrogen) atoms. The van der Waals surface area contributed by atoms with Crippen LogP contribution in [0, 0.1) is 5.82 Å². The Labute approximate surface area is 110 Å². The van der Waals surface area contributed by atoms with Crippen LogP contribution >= 0.6 is 11.3 Å². The maximum atomic E-state index is 13.6. The molecule has 1 saturated carbocycles. The Bertz CT molecular complexity index is 506. The second-order valence-electron chi connectivity index (χ2n) is 4.75. The van der Waals surface area contributed by atoms with E-state index in [9.17, 15) is 4.39 Å². The van der Waals surface area contributed by atoms with Crippen molar-refractivity contribution in [1.29, 1.82) is 0 Å². The van der Waals surface area contributed by atoms with Gasteiger partial charge >= 0.3 is 0 Å². The molecule has 3 rings (SSSR count). The minimum atomic E-state index is -0.0690. The summed E-state index contributed by atoms with van der Waals surface area (Å²) in [6, 6.07) is 7.60. The van der Waals surface area contributed by atoms with E-state index >= 15 is 0 Å². The highest BCUT2D eigenvalue weighted by atomic mass is 32.1. The minimum absolute atomic E-state index is 0.0690. The molecule has 2 nitrogen and oxygen atoms in total. The van der Waals surface area contributed by atoms with Crippen molar-refractivity contribution >= 4 is 11.3 Å². The number of halogens is 1. The van der Waals surface area contributed by atoms with Crippen LogP contribution < -0.4 is 5.32 Å². The number of nitrogens with zero attached hydrogens (tertiary/aromatic N) is 1. The first kappa shape index (κ1) is 11.8. The zero-order chi connectivity index (χ0) is 12.4. The molecule has 0 spiro atoms. The predicted octanol–water partition coefficient (Wildman–Crippen LogP) is 3.32. The number of rotatable bonds is 4. The molecule has 1 aromatic carbocycles. The van der Waals surface area contributed by atoms with Crippen LogP contribution in [0.4, 0.5) is 4.39 Å². The van der Waals surface area contributed by atoms with Gasteiger partial charge in [0.15, 0.2) is 0 Å². The first-order valence-electron chi connectivity index (χ1n) is 6.18. The van der Waals surface area contributed by atoms with Gasteiger partial charge in [0.1, 0.15) is 5.82 Å². The molecule has 94 valence electrons. The molecule has 1 aromatic heterocycles. The number of hydrogen-bond acceptors (Lipinski definition) is 3. The highest BCUT2D eigenvalue weighted by Crippen LogP contribution is 2.37. The van der Waals surface area contributed by atoms with E-state index in [1.54, 1.807) is 23.5 Å². The van der Waals surface area contributed by atoms with Crippen molar-refractivity contribution in [3.8, 4) is 0 Å². The standard InChI is InChI=1S/C14H15FN2S/c15-14-4-2-1-3-13(14)10-5-11(6-10)16-7-12-8-18-9-17-12/h1-4,8-11,16H,5-7H2. The lowest BCUT2D eigenvalue weighted by Crippen LogP contribution is -2.39. The molecule has 0 atom stereocenters. The van der Waals surface area contributed by atoms with Gasteiger partial charge in [-0.2, -0.15) is 0 Å². The molecular weight excluding hydrogens is 247 g/mol. The molecule has 2 aromatic rings. The maximum absolute atomic E-state index is 13.6. The van der Waals surface area contributed by atoms with E-state index in [2.05, 4.69) is 15.7 Å². The van der Waals surface area contributed by atoms with E-state index in [1.807, 2.05) is 17.6 Å². The fourth-order valence-corrected chi connectivity index (χ4v) is 2.98. The van der Waals surface area contributed by atoms with Crippen LogP contribution in [0.15, 0.2) is 35.2 Å². The maximum Gasteiger partial charge on any atom is 0.126 e. The quantitative estimate of drug-likeness (QED) is 0.914. The molecule has 0 radical (unpaired) electrons. The second kappa shape index (κ2) is 5.16. The van der Waals surface area contributed by atoms with Crippen molar-refractivity contribution in [3.63, 3.8) is 0 Å². The second-order valence-corrected chi connectivity index (χ2v) is 5.47. The Morgan fingerprint density at radius 3 is 2.89 bits per heavy atom. The van der Waals surface area contributed by atoms with Gasteiger partial charge in [0.05, 0.1) is 11.2 Å². The van der Waals surface area contributed by atoms with Crippen molar-refractivity contribution in [2.24, 2.45) is 0 Å². The summed E-state index contributed by atoms with van der Waals surface area (Å²) >= 11 is 1.62. The van der Waals surface area contributed by atoms with Crippen LogP contribution in [0.3, 0.4) is 0 Å². The van der Waals surface area contributed by atoms with Crippen LogP contribution in [0.5, 0.6) is 0 Å². The first-order chi connectivity index (χ1) is 8.83. The molecule has 1 heterocycles. The van der Waals surface area contributed by atoms with Gasteiger partial charge in [-0.1, -0.05) is 18.2 Å². The van der Waals surface area contributed by atoms with Crippen LogP contribution in [-0.2, 0) is 6.54 Å². The van der Waals surface area contributed by atoms with Gasteiger partial charge in [-0.25, -0.2) is 9.37 Å². The minimum Gasteiger partial charge on any atom is -0.308 e. The molecule has 0 aliphatic heterocycles. The Morgan fingerprint density at radius 1 is 1.33 bits per heavy atom. The number of nitrogens with one attached hydrogen (secondary N) is 1. The molecule has 1 aliphatic carbocycles. The molecule has 0 saturated heterocycles. The Balaban J connectivity index is 1.50. The van der Waals surface area contributed by atoms with E-state index in [-0.39, 0.29) is 5.82 Å². The van der Waals surface area contributed by atoms with Crippen molar-refractivity contribution in [2.45, 2.75) is 31.3 Å². The lowest BCUT2D eigenvalue weighted by Gasteiger charge is -2.36. The van der Waals surface area contributed by atoms with Gasteiger partial charge in [-0.15, -0.1) is 11.3 Å². The van der Waals surface area contributed by atoms with Gasteiger partial charge in [0, 0.05) is 18.0 Å². The van der Waals surface area contributed by atoms with Crippen LogP contribution in [-0.4, -0.2) is 11.0 Å². The van der Waals surface area contributed by atoms with Crippen LogP contribution in [0.2, 0.25) is 0 Å². The number of aromatic nitrogens is 1. The van der Waals surface area contributed by atoms with Crippen molar-refractivity contribution in [2.75, 3.05) is 0 Å². The summed E-state index contributed by atoms with van der Waals surface area (Å²) in [5, 5.41) is 5.52. The fraction of sp³-hybridized carbons (Fsp3) is 0.357. The third-order valence-corrected chi connectivity index (χ3v) is 4.17. The van der Waals surface area contributed by atoms with Gasteiger partial charge < -0.3 is 5.32 Å². The molecular formula is C14H15FN2S. The topological polar surface area (TPSA) is 24.9 Å². The van der Waals surface area contributed by atoms with Crippen LogP contribution in [0.1, 0.15) is 30.0 Å². The molecule has 0 amide bonds. The summed E-state index contributed by atoms with van der Waals surface area (Å²) in [5.41, 5.74) is 3.80. The van der Waals surface area contributed by atoms with E-state index in [4.69, 9.17) is 0 Å². The third kappa shape index (κ3) is 2.44. The Kier molecular flexibility index (Phi) is 3.39. The van der Waals surface area contributed by atoms with E-state index in [0.717, 1.165) is 30.6 Å². The zero-order valence-corrected chi connectivity index (χ0v) is 10.8.